The summed E-state index contributed by atoms with van der Waals surface area (Å²) < 4.78 is 30.4. The van der Waals surface area contributed by atoms with E-state index in [0.717, 1.165) is 0 Å². The minimum absolute atomic E-state index is 0. The van der Waals surface area contributed by atoms with Gasteiger partial charge in [0, 0.05) is 0 Å². The summed E-state index contributed by atoms with van der Waals surface area (Å²) in [6.45, 7) is 0.241. The largest absolute Gasteiger partial charge is 0.353 e. The molecule has 1 saturated heterocycles. The van der Waals surface area contributed by atoms with Crippen LogP contribution in [0.5, 0.6) is 0 Å². The van der Waals surface area contributed by atoms with E-state index in [1.54, 1.807) is 0 Å². The van der Waals surface area contributed by atoms with Crippen molar-refractivity contribution in [1.29, 1.82) is 0 Å². The van der Waals surface area contributed by atoms with Crippen LogP contribution in [0.2, 0.25) is 0 Å². The maximum Gasteiger partial charge on any atom is 0.147 e. The van der Waals surface area contributed by atoms with Crippen molar-refractivity contribution in [1.82, 2.24) is 0 Å². The van der Waals surface area contributed by atoms with Crippen molar-refractivity contribution < 1.29 is 23.0 Å². The van der Waals surface area contributed by atoms with Gasteiger partial charge in [-0.3, -0.25) is 9.09 Å². The van der Waals surface area contributed by atoms with Crippen LogP contribution >= 0.6 is 0 Å². The van der Waals surface area contributed by atoms with Crippen LogP contribution in [0.4, 0.5) is 13.5 Å². The molecule has 0 aliphatic carbocycles. The minimum Gasteiger partial charge on any atom is -0.353 e. The van der Waals surface area contributed by atoms with Crippen molar-refractivity contribution in [2.75, 3.05) is 27.3 Å². The number of hydrogen-bond acceptors (Lipinski definition) is 2. The Morgan fingerprint density at radius 3 is 2.30 bits per heavy atom. The van der Waals surface area contributed by atoms with Crippen molar-refractivity contribution in [3.8, 4) is 0 Å². The maximum atomic E-state index is 11.5. The van der Waals surface area contributed by atoms with Crippen molar-refractivity contribution in [2.45, 2.75) is 6.10 Å². The first-order chi connectivity index (χ1) is 4.43. The van der Waals surface area contributed by atoms with Crippen LogP contribution in [0.1, 0.15) is 0 Å². The molecule has 1 aliphatic rings. The molecule has 0 N–H and O–H groups in total. The van der Waals surface area contributed by atoms with E-state index in [2.05, 4.69) is 4.74 Å². The van der Waals surface area contributed by atoms with Crippen LogP contribution in [0, 0.1) is 0 Å². The molecule has 10 heavy (non-hydrogen) atoms. The fraction of sp³-hybridized carbons (Fsp3) is 1.00. The first-order valence-electron chi connectivity index (χ1n) is 2.56. The zero-order valence-corrected chi connectivity index (χ0v) is 5.68. The number of ether oxygens (including phenoxy) is 2. The zero-order chi connectivity index (χ0) is 7.11. The van der Waals surface area contributed by atoms with Gasteiger partial charge in [-0.05, 0) is 0 Å². The Morgan fingerprint density at radius 1 is 1.50 bits per heavy atom. The van der Waals surface area contributed by atoms with E-state index in [9.17, 15) is 8.78 Å². The molecular weight excluding hydrogens is 149 g/mol. The van der Waals surface area contributed by atoms with E-state index in [1.807, 2.05) is 0 Å². The smallest absolute Gasteiger partial charge is 0.147 e. The molecule has 0 aromatic heterocycles. The summed E-state index contributed by atoms with van der Waals surface area (Å²) in [5, 5.41) is 0. The second-order valence-electron chi connectivity index (χ2n) is 1.43. The molecule has 1 heterocycles. The topological polar surface area (TPSA) is 18.5 Å². The lowest BCUT2D eigenvalue weighted by molar-refractivity contribution is 0.0399. The predicted octanol–water partition coefficient (Wildman–Crippen LogP) is 1.07. The van der Waals surface area contributed by atoms with Gasteiger partial charge in [0.05, 0.1) is 13.8 Å². The van der Waals surface area contributed by atoms with Crippen LogP contribution in [-0.2, 0) is 9.47 Å². The fourth-order valence-corrected chi connectivity index (χ4v) is 0.461. The average Bonchev–Trinajstić information content (AvgIpc) is 2.43. The van der Waals surface area contributed by atoms with Crippen LogP contribution in [0.15, 0.2) is 0 Å². The van der Waals surface area contributed by atoms with Gasteiger partial charge in [0.1, 0.15) is 19.6 Å². The van der Waals surface area contributed by atoms with Gasteiger partial charge in [0.25, 0.3) is 0 Å². The van der Waals surface area contributed by atoms with Crippen molar-refractivity contribution in [3.63, 3.8) is 0 Å². The molecule has 5 heteroatoms. The van der Waals surface area contributed by atoms with Gasteiger partial charge in [-0.2, -0.15) is 0 Å². The number of halogens is 3. The van der Waals surface area contributed by atoms with Gasteiger partial charge in [-0.1, -0.05) is 0 Å². The Bertz CT molecular complexity index is 56.9. The molecule has 0 saturated carbocycles. The zero-order valence-electron chi connectivity index (χ0n) is 5.68. The lowest BCUT2D eigenvalue weighted by Gasteiger charge is -1.95. The van der Waals surface area contributed by atoms with Gasteiger partial charge in [-0.25, -0.2) is 4.39 Å². The van der Waals surface area contributed by atoms with Gasteiger partial charge in [-0.15, -0.1) is 0 Å². The highest BCUT2D eigenvalue weighted by molar-refractivity contribution is 4.55. The summed E-state index contributed by atoms with van der Waals surface area (Å²) >= 11 is 0. The Hall–Kier alpha value is -0.290. The second kappa shape index (κ2) is 8.71. The van der Waals surface area contributed by atoms with E-state index in [4.69, 9.17) is 4.74 Å². The van der Waals surface area contributed by atoms with Crippen molar-refractivity contribution in [2.24, 2.45) is 0 Å². The van der Waals surface area contributed by atoms with Crippen molar-refractivity contribution >= 4 is 0 Å². The summed E-state index contributed by atoms with van der Waals surface area (Å²) in [6.07, 6.45) is -0.292. The van der Waals surface area contributed by atoms with E-state index >= 15 is 0 Å². The molecule has 0 aromatic carbocycles. The molecule has 0 aromatic rings. The van der Waals surface area contributed by atoms with E-state index in [-0.39, 0.29) is 17.6 Å². The normalized spacial score (nSPS) is 22.5. The Labute approximate surface area is 57.5 Å². The standard InChI is InChI=1S/C4H7FO2.CH3F.FH/c5-1-4-2-6-3-7-4;1-2;/h4H,1-3H2;1H3;1H. The third-order valence-electron chi connectivity index (χ3n) is 0.863. The van der Waals surface area contributed by atoms with Gasteiger partial charge < -0.3 is 9.47 Å². The molecule has 0 spiro atoms. The Balaban J connectivity index is 0. The van der Waals surface area contributed by atoms with Crippen LogP contribution < -0.4 is 0 Å². The lowest BCUT2D eigenvalue weighted by Crippen LogP contribution is -2.10. The molecule has 1 rings (SSSR count). The molecule has 0 amide bonds. The lowest BCUT2D eigenvalue weighted by atomic mass is 10.4. The summed E-state index contributed by atoms with van der Waals surface area (Å²) in [7, 11) is 0.500. The number of hydrogen-bond donors (Lipinski definition) is 0. The monoisotopic (exact) mass is 160 g/mol. The second-order valence-corrected chi connectivity index (χ2v) is 1.43. The van der Waals surface area contributed by atoms with Crippen LogP contribution in [-0.4, -0.2) is 33.4 Å². The predicted molar refractivity (Wildman–Crippen MR) is 31.2 cm³/mol. The van der Waals surface area contributed by atoms with Crippen LogP contribution in [0.3, 0.4) is 0 Å². The summed E-state index contributed by atoms with van der Waals surface area (Å²) in [5.41, 5.74) is 0. The van der Waals surface area contributed by atoms with E-state index < -0.39 is 6.67 Å². The number of rotatable bonds is 1. The highest BCUT2D eigenvalue weighted by Crippen LogP contribution is 2.01. The number of alkyl halides is 2. The Morgan fingerprint density at radius 2 is 2.10 bits per heavy atom. The third kappa shape index (κ3) is 4.58. The molecule has 1 aliphatic heterocycles. The molecule has 0 bridgehead atoms. The molecule has 1 unspecified atom stereocenters. The first-order valence-corrected chi connectivity index (χ1v) is 2.56. The molecular formula is C5H11F3O2. The van der Waals surface area contributed by atoms with Gasteiger partial charge in [0.15, 0.2) is 0 Å². The minimum atomic E-state index is -0.431. The van der Waals surface area contributed by atoms with Crippen LogP contribution in [0.25, 0.3) is 0 Å². The quantitative estimate of drug-likeness (QED) is 0.571. The molecule has 1 atom stereocenters. The summed E-state index contributed by atoms with van der Waals surface area (Å²) in [6, 6.07) is 0. The Kier molecular flexibility index (Phi) is 10.8. The third-order valence-corrected chi connectivity index (χ3v) is 0.863. The molecule has 1 fully saturated rings. The molecule has 2 nitrogen and oxygen atoms in total. The first kappa shape index (κ1) is 12.4. The average molecular weight is 160 g/mol. The maximum absolute atomic E-state index is 11.5. The van der Waals surface area contributed by atoms with Gasteiger partial charge >= 0.3 is 0 Å². The van der Waals surface area contributed by atoms with E-state index in [0.29, 0.717) is 13.8 Å². The summed E-state index contributed by atoms with van der Waals surface area (Å²) in [4.78, 5) is 0. The molecule has 64 valence electrons. The van der Waals surface area contributed by atoms with E-state index in [1.165, 1.54) is 0 Å². The molecule has 0 radical (unpaired) electrons. The van der Waals surface area contributed by atoms with Gasteiger partial charge in [0.2, 0.25) is 0 Å². The highest BCUT2D eigenvalue weighted by atomic mass is 19.1. The summed E-state index contributed by atoms with van der Waals surface area (Å²) in [5.74, 6) is 0. The highest BCUT2D eigenvalue weighted by Gasteiger charge is 2.14. The van der Waals surface area contributed by atoms with Crippen molar-refractivity contribution in [3.05, 3.63) is 0 Å². The fourth-order valence-electron chi connectivity index (χ4n) is 0.461. The SMILES string of the molecule is CF.F.FCC1COCO1.